The molecular formula is C20H18IN3O4. The van der Waals surface area contributed by atoms with Gasteiger partial charge in [0, 0.05) is 22.7 Å². The minimum atomic E-state index is -0.528. The Morgan fingerprint density at radius 3 is 2.75 bits per heavy atom. The van der Waals surface area contributed by atoms with E-state index in [2.05, 4.69) is 32.9 Å². The highest BCUT2D eigenvalue weighted by Crippen LogP contribution is 2.12. The second-order valence-electron chi connectivity index (χ2n) is 6.13. The number of rotatable bonds is 6. The number of amides is 1. The van der Waals surface area contributed by atoms with Crippen LogP contribution in [0.1, 0.15) is 12.2 Å². The van der Waals surface area contributed by atoms with E-state index in [1.165, 1.54) is 4.57 Å². The highest BCUT2D eigenvalue weighted by molar-refractivity contribution is 14.1. The molecule has 0 bridgehead atoms. The summed E-state index contributed by atoms with van der Waals surface area (Å²) in [4.78, 5) is 40.7. The van der Waals surface area contributed by atoms with Crippen molar-refractivity contribution in [3.63, 3.8) is 0 Å². The third-order valence-electron chi connectivity index (χ3n) is 4.10. The number of carbonyl (C=O) groups is 2. The molecule has 0 unspecified atom stereocenters. The summed E-state index contributed by atoms with van der Waals surface area (Å²) in [6.45, 7) is -0.367. The predicted octanol–water partition coefficient (Wildman–Crippen LogP) is 2.65. The largest absolute Gasteiger partial charge is 0.456 e. The van der Waals surface area contributed by atoms with Crippen molar-refractivity contribution in [2.45, 2.75) is 12.8 Å². The number of hydrogen-bond donors (Lipinski definition) is 1. The minimum absolute atomic E-state index is 0.0230. The topological polar surface area (TPSA) is 90.3 Å². The van der Waals surface area contributed by atoms with Gasteiger partial charge in [0.2, 0.25) is 0 Å². The van der Waals surface area contributed by atoms with Gasteiger partial charge in [0.1, 0.15) is 5.82 Å². The number of anilines is 1. The fraction of sp³-hybridized carbons (Fsp3) is 0.200. The summed E-state index contributed by atoms with van der Waals surface area (Å²) in [5.41, 5.74) is 1.07. The number of para-hydroxylation sites is 1. The van der Waals surface area contributed by atoms with Crippen LogP contribution in [-0.4, -0.2) is 28.0 Å². The standard InChI is InChI=1S/C20H18IN3O4/c1-24-17(23-16-8-3-2-7-15(16)20(24)27)9-10-19(26)28-12-18(25)22-14-6-4-5-13(21)11-14/h2-8,11H,9-10,12H2,1H3,(H,22,25). The van der Waals surface area contributed by atoms with Crippen molar-refractivity contribution in [1.82, 2.24) is 9.55 Å². The molecule has 3 rings (SSSR count). The summed E-state index contributed by atoms with van der Waals surface area (Å²) < 4.78 is 7.43. The van der Waals surface area contributed by atoms with Crippen molar-refractivity contribution in [3.8, 4) is 0 Å². The van der Waals surface area contributed by atoms with E-state index in [0.29, 0.717) is 22.4 Å². The van der Waals surface area contributed by atoms with Crippen LogP contribution in [0.25, 0.3) is 10.9 Å². The highest BCUT2D eigenvalue weighted by atomic mass is 127. The quantitative estimate of drug-likeness (QED) is 0.423. The van der Waals surface area contributed by atoms with Crippen molar-refractivity contribution in [2.24, 2.45) is 7.05 Å². The fourth-order valence-electron chi connectivity index (χ4n) is 2.68. The molecule has 8 heteroatoms. The number of aromatic nitrogens is 2. The lowest BCUT2D eigenvalue weighted by Gasteiger charge is -2.09. The summed E-state index contributed by atoms with van der Waals surface area (Å²) in [5.74, 6) is -0.448. The SMILES string of the molecule is Cn1c(CCC(=O)OCC(=O)Nc2cccc(I)c2)nc2ccccc2c1=O. The molecule has 1 heterocycles. The van der Waals surface area contributed by atoms with Gasteiger partial charge in [0.15, 0.2) is 6.61 Å². The number of halogens is 1. The molecule has 2 aromatic carbocycles. The second-order valence-corrected chi connectivity index (χ2v) is 7.37. The second kappa shape index (κ2) is 8.96. The Kier molecular flexibility index (Phi) is 6.40. The number of ether oxygens (including phenoxy) is 1. The lowest BCUT2D eigenvalue weighted by atomic mass is 10.2. The summed E-state index contributed by atoms with van der Waals surface area (Å²) in [7, 11) is 1.62. The van der Waals surface area contributed by atoms with Crippen LogP contribution in [-0.2, 0) is 27.8 Å². The van der Waals surface area contributed by atoms with Crippen LogP contribution >= 0.6 is 22.6 Å². The van der Waals surface area contributed by atoms with Gasteiger partial charge in [-0.2, -0.15) is 0 Å². The van der Waals surface area contributed by atoms with Gasteiger partial charge in [-0.15, -0.1) is 0 Å². The molecule has 0 fully saturated rings. The fourth-order valence-corrected chi connectivity index (χ4v) is 3.23. The van der Waals surface area contributed by atoms with Crippen LogP contribution in [0, 0.1) is 3.57 Å². The normalized spacial score (nSPS) is 10.6. The van der Waals surface area contributed by atoms with Crippen molar-refractivity contribution < 1.29 is 14.3 Å². The van der Waals surface area contributed by atoms with E-state index in [1.807, 2.05) is 18.2 Å². The molecule has 1 aromatic heterocycles. The molecule has 0 saturated heterocycles. The number of fused-ring (bicyclic) bond motifs is 1. The number of esters is 1. The molecule has 0 aliphatic carbocycles. The zero-order chi connectivity index (χ0) is 20.1. The third-order valence-corrected chi connectivity index (χ3v) is 4.77. The van der Waals surface area contributed by atoms with Crippen molar-refractivity contribution in [2.75, 3.05) is 11.9 Å². The maximum absolute atomic E-state index is 12.4. The lowest BCUT2D eigenvalue weighted by molar-refractivity contribution is -0.147. The van der Waals surface area contributed by atoms with Crippen LogP contribution in [0.15, 0.2) is 53.3 Å². The van der Waals surface area contributed by atoms with Gasteiger partial charge in [-0.05, 0) is 52.9 Å². The van der Waals surface area contributed by atoms with Gasteiger partial charge in [-0.3, -0.25) is 19.0 Å². The van der Waals surface area contributed by atoms with Gasteiger partial charge in [0.05, 0.1) is 17.3 Å². The molecule has 0 aliphatic rings. The Bertz CT molecular complexity index is 1090. The maximum atomic E-state index is 12.4. The first-order valence-corrected chi connectivity index (χ1v) is 9.67. The average molecular weight is 491 g/mol. The lowest BCUT2D eigenvalue weighted by Crippen LogP contribution is -2.24. The van der Waals surface area contributed by atoms with Crippen LogP contribution in [0.5, 0.6) is 0 Å². The predicted molar refractivity (Wildman–Crippen MR) is 114 cm³/mol. The first-order valence-electron chi connectivity index (χ1n) is 8.60. The Morgan fingerprint density at radius 1 is 1.18 bits per heavy atom. The molecule has 3 aromatic rings. The molecule has 7 nitrogen and oxygen atoms in total. The van der Waals surface area contributed by atoms with Crippen LogP contribution in [0.2, 0.25) is 0 Å². The Balaban J connectivity index is 1.54. The van der Waals surface area contributed by atoms with E-state index >= 15 is 0 Å². The number of nitrogens with one attached hydrogen (secondary N) is 1. The number of benzene rings is 2. The zero-order valence-electron chi connectivity index (χ0n) is 15.1. The average Bonchev–Trinajstić information content (AvgIpc) is 2.68. The van der Waals surface area contributed by atoms with Gasteiger partial charge in [0.25, 0.3) is 11.5 Å². The number of hydrogen-bond acceptors (Lipinski definition) is 5. The molecule has 0 radical (unpaired) electrons. The number of aryl methyl sites for hydroxylation is 1. The molecule has 28 heavy (non-hydrogen) atoms. The molecule has 1 N–H and O–H groups in total. The number of nitrogens with zero attached hydrogens (tertiary/aromatic N) is 2. The monoisotopic (exact) mass is 491 g/mol. The van der Waals surface area contributed by atoms with Gasteiger partial charge >= 0.3 is 5.97 Å². The summed E-state index contributed by atoms with van der Waals surface area (Å²) in [6.07, 6.45) is 0.267. The maximum Gasteiger partial charge on any atom is 0.306 e. The van der Waals surface area contributed by atoms with E-state index < -0.39 is 11.9 Å². The Labute approximate surface area is 174 Å². The van der Waals surface area contributed by atoms with Gasteiger partial charge in [-0.25, -0.2) is 4.98 Å². The molecule has 0 aliphatic heterocycles. The zero-order valence-corrected chi connectivity index (χ0v) is 17.3. The molecular weight excluding hydrogens is 473 g/mol. The van der Waals surface area contributed by atoms with E-state index in [4.69, 9.17) is 4.74 Å². The summed E-state index contributed by atoms with van der Waals surface area (Å²) in [5, 5.41) is 3.20. The molecule has 0 spiro atoms. The number of carbonyl (C=O) groups excluding carboxylic acids is 2. The molecule has 0 saturated carbocycles. The van der Waals surface area contributed by atoms with Crippen LogP contribution in [0.4, 0.5) is 5.69 Å². The molecule has 144 valence electrons. The highest BCUT2D eigenvalue weighted by Gasteiger charge is 2.12. The van der Waals surface area contributed by atoms with E-state index in [1.54, 1.807) is 37.4 Å². The third kappa shape index (κ3) is 4.94. The molecule has 0 atom stereocenters. The summed E-state index contributed by atoms with van der Waals surface area (Å²) >= 11 is 2.14. The smallest absolute Gasteiger partial charge is 0.306 e. The van der Waals surface area contributed by atoms with Crippen LogP contribution in [0.3, 0.4) is 0 Å². The van der Waals surface area contributed by atoms with Gasteiger partial charge < -0.3 is 10.1 Å². The Hall–Kier alpha value is -2.75. The van der Waals surface area contributed by atoms with Crippen molar-refractivity contribution >= 4 is 51.1 Å². The van der Waals surface area contributed by atoms with E-state index in [9.17, 15) is 14.4 Å². The summed E-state index contributed by atoms with van der Waals surface area (Å²) in [6, 6.07) is 14.4. The van der Waals surface area contributed by atoms with E-state index in [-0.39, 0.29) is 25.0 Å². The van der Waals surface area contributed by atoms with Crippen molar-refractivity contribution in [3.05, 3.63) is 68.3 Å². The molecule has 1 amide bonds. The van der Waals surface area contributed by atoms with Crippen LogP contribution < -0.4 is 10.9 Å². The van der Waals surface area contributed by atoms with Crippen molar-refractivity contribution in [1.29, 1.82) is 0 Å². The minimum Gasteiger partial charge on any atom is -0.456 e. The van der Waals surface area contributed by atoms with E-state index in [0.717, 1.165) is 3.57 Å². The first-order chi connectivity index (χ1) is 13.4. The Morgan fingerprint density at radius 2 is 1.96 bits per heavy atom. The van der Waals surface area contributed by atoms with Gasteiger partial charge in [-0.1, -0.05) is 18.2 Å². The first kappa shape index (κ1) is 20.0.